The van der Waals surface area contributed by atoms with Crippen molar-refractivity contribution in [1.82, 2.24) is 0 Å². The lowest BCUT2D eigenvalue weighted by molar-refractivity contribution is -0.112. The van der Waals surface area contributed by atoms with E-state index in [-0.39, 0.29) is 10.7 Å². The van der Waals surface area contributed by atoms with Crippen LogP contribution in [-0.4, -0.2) is 16.4 Å². The fraction of sp³-hybridized carbons (Fsp3) is 0.263. The molecule has 2 aromatic rings. The van der Waals surface area contributed by atoms with Gasteiger partial charge < -0.3 is 4.90 Å². The minimum Gasteiger partial charge on any atom is -0.302 e. The molecule has 24 heavy (non-hydrogen) atoms. The lowest BCUT2D eigenvalue weighted by Gasteiger charge is -2.17. The molecule has 0 saturated carbocycles. The molecule has 1 amide bonds. The Labute approximate surface area is 155 Å². The number of fused-ring (bicyclic) bond motifs is 1. The van der Waals surface area contributed by atoms with Crippen LogP contribution in [0.15, 0.2) is 57.4 Å². The highest BCUT2D eigenvalue weighted by atomic mass is 79.9. The molecule has 0 fully saturated rings. The van der Waals surface area contributed by atoms with Gasteiger partial charge in [-0.25, -0.2) is 4.40 Å². The predicted octanol–water partition coefficient (Wildman–Crippen LogP) is 5.23. The molecule has 1 aliphatic rings. The van der Waals surface area contributed by atoms with Crippen molar-refractivity contribution < 1.29 is 4.79 Å². The molecule has 1 aliphatic heterocycles. The van der Waals surface area contributed by atoms with Gasteiger partial charge in [-0.3, -0.25) is 4.79 Å². The van der Waals surface area contributed by atoms with E-state index in [4.69, 9.17) is 0 Å². The first kappa shape index (κ1) is 17.2. The average Bonchev–Trinajstić information content (AvgIpc) is 2.79. The molecule has 2 aromatic carbocycles. The molecule has 0 atom stereocenters. The van der Waals surface area contributed by atoms with Gasteiger partial charge in [-0.2, -0.15) is 0 Å². The minimum absolute atomic E-state index is 0.0264. The van der Waals surface area contributed by atoms with E-state index in [9.17, 15) is 4.79 Å². The van der Waals surface area contributed by atoms with Crippen molar-refractivity contribution in [1.29, 1.82) is 0 Å². The normalized spacial score (nSPS) is 15.9. The zero-order valence-corrected chi connectivity index (χ0v) is 16.3. The zero-order valence-electron chi connectivity index (χ0n) is 13.9. The Bertz CT molecular complexity index is 794. The quantitative estimate of drug-likeness (QED) is 0.658. The molecule has 0 radical (unpaired) electrons. The van der Waals surface area contributed by atoms with Gasteiger partial charge >= 0.3 is 0 Å². The van der Waals surface area contributed by atoms with Crippen LogP contribution in [0.25, 0.3) is 0 Å². The second-order valence-electron chi connectivity index (χ2n) is 6.68. The zero-order chi connectivity index (χ0) is 17.3. The van der Waals surface area contributed by atoms with E-state index in [1.165, 1.54) is 11.9 Å². The monoisotopic (exact) mass is 402 g/mol. The predicted molar refractivity (Wildman–Crippen MR) is 106 cm³/mol. The molecule has 124 valence electrons. The van der Waals surface area contributed by atoms with Gasteiger partial charge in [0.2, 0.25) is 0 Å². The van der Waals surface area contributed by atoms with Crippen molar-refractivity contribution >= 4 is 45.2 Å². The van der Waals surface area contributed by atoms with Crippen LogP contribution in [0, 0.1) is 0 Å². The first-order valence-electron chi connectivity index (χ1n) is 7.77. The van der Waals surface area contributed by atoms with Gasteiger partial charge in [-0.1, -0.05) is 46.3 Å². The fourth-order valence-corrected chi connectivity index (χ4v) is 3.27. The highest BCUT2D eigenvalue weighted by molar-refractivity contribution is 9.10. The Morgan fingerprint density at radius 2 is 1.75 bits per heavy atom. The Morgan fingerprint density at radius 3 is 2.42 bits per heavy atom. The maximum atomic E-state index is 12.9. The number of benzene rings is 2. The number of nitrogens with zero attached hydrogens (tertiary/aromatic N) is 2. The number of carbonyl (C=O) groups excluding carboxylic acids is 1. The summed E-state index contributed by atoms with van der Waals surface area (Å²) >= 11 is 4.88. The first-order valence-corrected chi connectivity index (χ1v) is 9.34. The summed E-state index contributed by atoms with van der Waals surface area (Å²) < 4.78 is 5.56. The molecule has 5 heteroatoms. The molecular weight excluding hydrogens is 384 g/mol. The molecule has 1 heterocycles. The van der Waals surface area contributed by atoms with Crippen molar-refractivity contribution in [3.63, 3.8) is 0 Å². The molecule has 0 aliphatic carbocycles. The molecule has 0 saturated heterocycles. The summed E-state index contributed by atoms with van der Waals surface area (Å²) in [5, 5.41) is 0. The fourth-order valence-electron chi connectivity index (χ4n) is 2.46. The molecule has 0 bridgehead atoms. The Kier molecular flexibility index (Phi) is 4.83. The number of amides is 1. The van der Waals surface area contributed by atoms with Gasteiger partial charge in [0.05, 0.1) is 12.2 Å². The third-order valence-electron chi connectivity index (χ3n) is 3.56. The van der Waals surface area contributed by atoms with Crippen LogP contribution in [0.2, 0.25) is 0 Å². The molecule has 0 aromatic heterocycles. The molecule has 0 N–H and O–H groups in total. The summed E-state index contributed by atoms with van der Waals surface area (Å²) in [5.74, 6) is -0.0316. The molecule has 0 spiro atoms. The molecular formula is C19H19BrN2OS. The van der Waals surface area contributed by atoms with Crippen LogP contribution in [-0.2, 0) is 11.3 Å². The summed E-state index contributed by atoms with van der Waals surface area (Å²) in [7, 11) is 0. The van der Waals surface area contributed by atoms with Crippen LogP contribution in [0.5, 0.6) is 0 Å². The summed E-state index contributed by atoms with van der Waals surface area (Å²) in [6, 6.07) is 15.9. The summed E-state index contributed by atoms with van der Waals surface area (Å²) in [6.45, 7) is 6.81. The first-order chi connectivity index (χ1) is 11.3. The van der Waals surface area contributed by atoms with E-state index >= 15 is 0 Å². The largest absolute Gasteiger partial charge is 0.302 e. The second kappa shape index (κ2) is 6.73. The van der Waals surface area contributed by atoms with E-state index in [0.29, 0.717) is 12.3 Å². The van der Waals surface area contributed by atoms with Crippen LogP contribution in [0.1, 0.15) is 31.9 Å². The number of anilines is 1. The lowest BCUT2D eigenvalue weighted by atomic mass is 10.1. The van der Waals surface area contributed by atoms with Gasteiger partial charge in [0.15, 0.2) is 0 Å². The number of hydrogen-bond acceptors (Lipinski definition) is 3. The maximum absolute atomic E-state index is 12.9. The van der Waals surface area contributed by atoms with Crippen molar-refractivity contribution in [3.8, 4) is 0 Å². The van der Waals surface area contributed by atoms with E-state index in [1.807, 2.05) is 48.5 Å². The van der Waals surface area contributed by atoms with Gasteiger partial charge in [-0.15, -0.1) is 0 Å². The lowest BCUT2D eigenvalue weighted by Crippen LogP contribution is -2.29. The van der Waals surface area contributed by atoms with Crippen LogP contribution < -0.4 is 4.90 Å². The Balaban J connectivity index is 1.94. The van der Waals surface area contributed by atoms with Crippen LogP contribution in [0.4, 0.5) is 5.69 Å². The van der Waals surface area contributed by atoms with Crippen LogP contribution >= 0.6 is 27.9 Å². The van der Waals surface area contributed by atoms with Gasteiger partial charge in [0, 0.05) is 14.8 Å². The number of para-hydroxylation sites is 1. The van der Waals surface area contributed by atoms with Gasteiger partial charge in [-0.05, 0) is 56.5 Å². The standard InChI is InChI=1S/C19H19BrN2OS/c1-19(2,3)24-21-17-15-6-4-5-7-16(15)22(18(17)23)12-13-8-10-14(20)11-9-13/h4-11H,12H2,1-3H3/b21-17-. The van der Waals surface area contributed by atoms with Crippen LogP contribution in [0.3, 0.4) is 0 Å². The van der Waals surface area contributed by atoms with E-state index in [2.05, 4.69) is 41.1 Å². The third-order valence-corrected chi connectivity index (χ3v) is 4.91. The SMILES string of the molecule is CC(C)(C)S/N=C1\C(=O)N(Cc2ccc(Br)cc2)c2ccccc21. The van der Waals surface area contributed by atoms with E-state index in [1.54, 1.807) is 4.90 Å². The Morgan fingerprint density at radius 1 is 1.08 bits per heavy atom. The summed E-state index contributed by atoms with van der Waals surface area (Å²) in [6.07, 6.45) is 0. The van der Waals surface area contributed by atoms with Crippen molar-refractivity contribution in [2.45, 2.75) is 32.1 Å². The van der Waals surface area contributed by atoms with Crippen molar-refractivity contribution in [2.75, 3.05) is 4.90 Å². The molecule has 3 rings (SSSR count). The minimum atomic E-state index is -0.0316. The van der Waals surface area contributed by atoms with Crippen molar-refractivity contribution in [3.05, 3.63) is 64.1 Å². The molecule has 0 unspecified atom stereocenters. The summed E-state index contributed by atoms with van der Waals surface area (Å²) in [4.78, 5) is 14.7. The Hall–Kier alpha value is -1.59. The third kappa shape index (κ3) is 3.73. The van der Waals surface area contributed by atoms with Gasteiger partial charge in [0.1, 0.15) is 5.71 Å². The smallest absolute Gasteiger partial charge is 0.278 e. The number of carbonyl (C=O) groups is 1. The second-order valence-corrected chi connectivity index (χ2v) is 9.18. The maximum Gasteiger partial charge on any atom is 0.278 e. The number of rotatable bonds is 3. The van der Waals surface area contributed by atoms with Crippen molar-refractivity contribution in [2.24, 2.45) is 4.40 Å². The number of halogens is 1. The van der Waals surface area contributed by atoms with E-state index in [0.717, 1.165) is 21.3 Å². The summed E-state index contributed by atoms with van der Waals surface area (Å²) in [5.41, 5.74) is 3.48. The average molecular weight is 403 g/mol. The highest BCUT2D eigenvalue weighted by Crippen LogP contribution is 2.33. The van der Waals surface area contributed by atoms with Gasteiger partial charge in [0.25, 0.3) is 5.91 Å². The molecule has 3 nitrogen and oxygen atoms in total. The highest BCUT2D eigenvalue weighted by Gasteiger charge is 2.34. The number of hydrogen-bond donors (Lipinski definition) is 0. The van der Waals surface area contributed by atoms with E-state index < -0.39 is 0 Å². The topological polar surface area (TPSA) is 32.7 Å².